The fraction of sp³-hybridized carbons (Fsp3) is 0.692. The van der Waals surface area contributed by atoms with E-state index in [0.717, 1.165) is 23.9 Å². The number of anilines is 2. The van der Waals surface area contributed by atoms with Gasteiger partial charge < -0.3 is 5.32 Å². The van der Waals surface area contributed by atoms with Crippen molar-refractivity contribution in [2.24, 2.45) is 11.8 Å². The van der Waals surface area contributed by atoms with E-state index in [4.69, 9.17) is 5.84 Å². The van der Waals surface area contributed by atoms with Crippen LogP contribution < -0.4 is 16.6 Å². The second-order valence-electron chi connectivity index (χ2n) is 5.23. The van der Waals surface area contributed by atoms with Crippen molar-refractivity contribution < 1.29 is 0 Å². The van der Waals surface area contributed by atoms with Crippen LogP contribution in [-0.4, -0.2) is 16.0 Å². The molecule has 0 amide bonds. The lowest BCUT2D eigenvalue weighted by atomic mass is 10.0. The van der Waals surface area contributed by atoms with Gasteiger partial charge in [0.05, 0.1) is 0 Å². The van der Waals surface area contributed by atoms with Crippen LogP contribution in [0.1, 0.15) is 45.7 Å². The Kier molecular flexibility index (Phi) is 5.85. The number of nitrogen functional groups attached to an aromatic ring is 1. The number of nitrogens with zero attached hydrogens (tertiary/aromatic N) is 2. The van der Waals surface area contributed by atoms with Crippen LogP contribution >= 0.6 is 0 Å². The van der Waals surface area contributed by atoms with Crippen molar-refractivity contribution in [1.82, 2.24) is 9.97 Å². The maximum atomic E-state index is 5.33. The average molecular weight is 251 g/mol. The minimum atomic E-state index is 0.406. The topological polar surface area (TPSA) is 75.9 Å². The zero-order valence-electron chi connectivity index (χ0n) is 11.8. The summed E-state index contributed by atoms with van der Waals surface area (Å²) in [6.45, 7) is 8.61. The quantitative estimate of drug-likeness (QED) is 0.513. The minimum Gasteiger partial charge on any atom is -0.367 e. The average Bonchev–Trinajstić information content (AvgIpc) is 2.27. The Balaban J connectivity index is 2.48. The highest BCUT2D eigenvalue weighted by Gasteiger charge is 2.06. The van der Waals surface area contributed by atoms with Crippen molar-refractivity contribution in [3.05, 3.63) is 11.8 Å². The van der Waals surface area contributed by atoms with E-state index >= 15 is 0 Å². The van der Waals surface area contributed by atoms with E-state index in [9.17, 15) is 0 Å². The van der Waals surface area contributed by atoms with Crippen LogP contribution in [0.25, 0.3) is 0 Å². The number of nitrogens with one attached hydrogen (secondary N) is 2. The Bertz CT molecular complexity index is 364. The summed E-state index contributed by atoms with van der Waals surface area (Å²) in [6.07, 6.45) is 3.65. The number of hydrogen-bond donors (Lipinski definition) is 3. The smallest absolute Gasteiger partial charge is 0.239 e. The monoisotopic (exact) mass is 251 g/mol. The number of aromatic nitrogens is 2. The molecule has 0 saturated heterocycles. The van der Waals surface area contributed by atoms with Crippen LogP contribution in [0.2, 0.25) is 0 Å². The fourth-order valence-electron chi connectivity index (χ4n) is 1.86. The Hall–Kier alpha value is -1.36. The highest BCUT2D eigenvalue weighted by atomic mass is 15.3. The Morgan fingerprint density at radius 3 is 2.56 bits per heavy atom. The predicted molar refractivity (Wildman–Crippen MR) is 76.4 cm³/mol. The highest BCUT2D eigenvalue weighted by Crippen LogP contribution is 2.13. The van der Waals surface area contributed by atoms with Crippen LogP contribution in [0.5, 0.6) is 0 Å². The Morgan fingerprint density at radius 2 is 1.94 bits per heavy atom. The summed E-state index contributed by atoms with van der Waals surface area (Å²) in [5, 5.41) is 3.38. The van der Waals surface area contributed by atoms with Crippen LogP contribution in [0, 0.1) is 12.8 Å². The van der Waals surface area contributed by atoms with Gasteiger partial charge in [-0.3, -0.25) is 5.43 Å². The summed E-state index contributed by atoms with van der Waals surface area (Å²) in [7, 11) is 0. The van der Waals surface area contributed by atoms with Crippen LogP contribution in [-0.2, 0) is 0 Å². The number of hydrazine groups is 1. The molecule has 5 nitrogen and oxygen atoms in total. The van der Waals surface area contributed by atoms with Gasteiger partial charge in [0.2, 0.25) is 5.95 Å². The van der Waals surface area contributed by atoms with Gasteiger partial charge in [-0.05, 0) is 26.2 Å². The van der Waals surface area contributed by atoms with Crippen molar-refractivity contribution in [3.63, 3.8) is 0 Å². The number of hydrogen-bond acceptors (Lipinski definition) is 5. The molecular formula is C13H25N5. The first-order valence-electron chi connectivity index (χ1n) is 6.60. The molecular weight excluding hydrogens is 226 g/mol. The third-order valence-electron chi connectivity index (χ3n) is 2.80. The first-order valence-corrected chi connectivity index (χ1v) is 6.60. The van der Waals surface area contributed by atoms with Gasteiger partial charge >= 0.3 is 0 Å². The van der Waals surface area contributed by atoms with E-state index in [0.29, 0.717) is 12.0 Å². The van der Waals surface area contributed by atoms with Crippen LogP contribution in [0.15, 0.2) is 6.07 Å². The molecule has 0 saturated carbocycles. The first-order chi connectivity index (χ1) is 8.51. The fourth-order valence-corrected chi connectivity index (χ4v) is 1.86. The van der Waals surface area contributed by atoms with Gasteiger partial charge in [-0.25, -0.2) is 10.8 Å². The lowest BCUT2D eigenvalue weighted by molar-refractivity contribution is 0.520. The van der Waals surface area contributed by atoms with E-state index in [1.54, 1.807) is 0 Å². The van der Waals surface area contributed by atoms with Gasteiger partial charge in [0.15, 0.2) is 0 Å². The summed E-state index contributed by atoms with van der Waals surface area (Å²) < 4.78 is 0. The molecule has 0 aliphatic rings. The highest BCUT2D eigenvalue weighted by molar-refractivity contribution is 5.42. The SMILES string of the molecule is Cc1cc(NC(C)CCCC(C)C)nc(NN)n1. The van der Waals surface area contributed by atoms with E-state index in [1.807, 2.05) is 13.0 Å². The second-order valence-corrected chi connectivity index (χ2v) is 5.23. The molecule has 0 fully saturated rings. The van der Waals surface area contributed by atoms with Gasteiger partial charge in [-0.15, -0.1) is 0 Å². The summed E-state index contributed by atoms with van der Waals surface area (Å²) >= 11 is 0. The molecule has 102 valence electrons. The Morgan fingerprint density at radius 1 is 1.22 bits per heavy atom. The molecule has 0 aliphatic carbocycles. The van der Waals surface area contributed by atoms with Gasteiger partial charge in [0, 0.05) is 17.8 Å². The summed E-state index contributed by atoms with van der Waals surface area (Å²) in [6, 6.07) is 2.34. The van der Waals surface area contributed by atoms with Gasteiger partial charge in [-0.1, -0.05) is 26.7 Å². The summed E-state index contributed by atoms with van der Waals surface area (Å²) in [4.78, 5) is 8.43. The van der Waals surface area contributed by atoms with Gasteiger partial charge in [-0.2, -0.15) is 4.98 Å². The maximum absolute atomic E-state index is 5.33. The van der Waals surface area contributed by atoms with Crippen LogP contribution in [0.4, 0.5) is 11.8 Å². The number of aryl methyl sites for hydroxylation is 1. The molecule has 0 aromatic carbocycles. The molecule has 4 N–H and O–H groups in total. The molecule has 0 spiro atoms. The van der Waals surface area contributed by atoms with E-state index < -0.39 is 0 Å². The molecule has 0 radical (unpaired) electrons. The lowest BCUT2D eigenvalue weighted by Gasteiger charge is -2.15. The third kappa shape index (κ3) is 5.31. The molecule has 18 heavy (non-hydrogen) atoms. The van der Waals surface area contributed by atoms with Crippen molar-refractivity contribution in [3.8, 4) is 0 Å². The van der Waals surface area contributed by atoms with E-state index in [1.165, 1.54) is 12.8 Å². The molecule has 5 heteroatoms. The van der Waals surface area contributed by atoms with Gasteiger partial charge in [0.1, 0.15) is 5.82 Å². The number of nitrogens with two attached hydrogens (primary N) is 1. The third-order valence-corrected chi connectivity index (χ3v) is 2.80. The lowest BCUT2D eigenvalue weighted by Crippen LogP contribution is -2.18. The molecule has 1 heterocycles. The number of rotatable bonds is 7. The largest absolute Gasteiger partial charge is 0.367 e. The van der Waals surface area contributed by atoms with Crippen molar-refractivity contribution in [2.45, 2.75) is 53.0 Å². The molecule has 1 rings (SSSR count). The van der Waals surface area contributed by atoms with Crippen molar-refractivity contribution >= 4 is 11.8 Å². The zero-order valence-corrected chi connectivity index (χ0v) is 11.8. The van der Waals surface area contributed by atoms with E-state index in [-0.39, 0.29) is 0 Å². The Labute approximate surface area is 110 Å². The summed E-state index contributed by atoms with van der Waals surface area (Å²) in [5.74, 6) is 7.38. The summed E-state index contributed by atoms with van der Waals surface area (Å²) in [5.41, 5.74) is 3.38. The van der Waals surface area contributed by atoms with Crippen molar-refractivity contribution in [2.75, 3.05) is 10.7 Å². The molecule has 0 bridgehead atoms. The minimum absolute atomic E-state index is 0.406. The molecule has 1 atom stereocenters. The van der Waals surface area contributed by atoms with Crippen LogP contribution in [0.3, 0.4) is 0 Å². The molecule has 0 aliphatic heterocycles. The first kappa shape index (κ1) is 14.7. The standard InChI is InChI=1S/C13H25N5/c1-9(2)6-5-7-10(3)15-12-8-11(4)16-13(17-12)18-14/h8-10H,5-7,14H2,1-4H3,(H2,15,16,17,18). The molecule has 1 aromatic heterocycles. The molecule has 1 unspecified atom stereocenters. The maximum Gasteiger partial charge on any atom is 0.239 e. The van der Waals surface area contributed by atoms with Gasteiger partial charge in [0.25, 0.3) is 0 Å². The second kappa shape index (κ2) is 7.16. The van der Waals surface area contributed by atoms with Crippen molar-refractivity contribution in [1.29, 1.82) is 0 Å². The predicted octanol–water partition coefficient (Wildman–Crippen LogP) is 2.70. The zero-order chi connectivity index (χ0) is 13.5. The normalized spacial score (nSPS) is 12.6. The molecule has 1 aromatic rings. The van der Waals surface area contributed by atoms with E-state index in [2.05, 4.69) is 41.5 Å².